The van der Waals surface area contributed by atoms with E-state index in [-0.39, 0.29) is 24.6 Å². The number of carbonyl (C=O) groups excluding carboxylic acids is 2. The summed E-state index contributed by atoms with van der Waals surface area (Å²) in [7, 11) is 0. The first-order valence-corrected chi connectivity index (χ1v) is 6.39. The zero-order valence-electron chi connectivity index (χ0n) is 11.5. The summed E-state index contributed by atoms with van der Waals surface area (Å²) in [6.45, 7) is 1.68. The van der Waals surface area contributed by atoms with Gasteiger partial charge in [-0.3, -0.25) is 9.59 Å². The number of amides is 2. The van der Waals surface area contributed by atoms with E-state index >= 15 is 0 Å². The summed E-state index contributed by atoms with van der Waals surface area (Å²) in [5.41, 5.74) is 0.639. The molecule has 1 aromatic heterocycles. The van der Waals surface area contributed by atoms with Gasteiger partial charge >= 0.3 is 0 Å². The van der Waals surface area contributed by atoms with Crippen molar-refractivity contribution in [2.45, 2.75) is 13.5 Å². The smallest absolute Gasteiger partial charge is 0.251 e. The van der Waals surface area contributed by atoms with Gasteiger partial charge in [0.05, 0.1) is 19.4 Å². The third-order valence-corrected chi connectivity index (χ3v) is 2.88. The number of furan rings is 1. The van der Waals surface area contributed by atoms with Gasteiger partial charge in [-0.2, -0.15) is 0 Å². The summed E-state index contributed by atoms with van der Waals surface area (Å²) in [4.78, 5) is 23.3. The Hall–Kier alpha value is -2.63. The van der Waals surface area contributed by atoms with Crippen LogP contribution in [0.1, 0.15) is 21.7 Å². The SMILES string of the molecule is Cc1ccc(C(=O)NCC(=O)NCc2ccco2)cc1F. The van der Waals surface area contributed by atoms with Crippen LogP contribution < -0.4 is 10.6 Å². The average Bonchev–Trinajstić information content (AvgIpc) is 2.98. The second kappa shape index (κ2) is 6.69. The molecule has 0 aliphatic heterocycles. The Bertz CT molecular complexity index is 638. The highest BCUT2D eigenvalue weighted by Crippen LogP contribution is 2.08. The maximum absolute atomic E-state index is 13.3. The minimum atomic E-state index is -0.498. The molecule has 0 unspecified atom stereocenters. The van der Waals surface area contributed by atoms with E-state index in [0.717, 1.165) is 6.07 Å². The van der Waals surface area contributed by atoms with Crippen molar-refractivity contribution in [1.82, 2.24) is 10.6 Å². The number of hydrogen-bond acceptors (Lipinski definition) is 3. The number of benzene rings is 1. The van der Waals surface area contributed by atoms with Crippen LogP contribution >= 0.6 is 0 Å². The quantitative estimate of drug-likeness (QED) is 0.881. The molecule has 1 aromatic carbocycles. The zero-order valence-corrected chi connectivity index (χ0v) is 11.5. The van der Waals surface area contributed by atoms with Crippen LogP contribution in [0.15, 0.2) is 41.0 Å². The Morgan fingerprint density at radius 3 is 2.71 bits per heavy atom. The van der Waals surface area contributed by atoms with Crippen molar-refractivity contribution in [1.29, 1.82) is 0 Å². The molecule has 2 N–H and O–H groups in total. The largest absolute Gasteiger partial charge is 0.467 e. The molecule has 0 spiro atoms. The Balaban J connectivity index is 1.80. The van der Waals surface area contributed by atoms with E-state index in [0.29, 0.717) is 11.3 Å². The number of hydrogen-bond donors (Lipinski definition) is 2. The van der Waals surface area contributed by atoms with Gasteiger partial charge in [-0.1, -0.05) is 6.07 Å². The molecular formula is C15H15FN2O3. The van der Waals surface area contributed by atoms with Crippen molar-refractivity contribution in [3.05, 3.63) is 59.3 Å². The van der Waals surface area contributed by atoms with E-state index in [4.69, 9.17) is 4.42 Å². The first kappa shape index (κ1) is 14.8. The Kier molecular flexibility index (Phi) is 4.71. The van der Waals surface area contributed by atoms with Gasteiger partial charge in [0.25, 0.3) is 5.91 Å². The molecule has 0 atom stereocenters. The van der Waals surface area contributed by atoms with Gasteiger partial charge < -0.3 is 15.1 Å². The summed E-state index contributed by atoms with van der Waals surface area (Å²) in [6.07, 6.45) is 1.51. The third kappa shape index (κ3) is 4.17. The first-order valence-electron chi connectivity index (χ1n) is 6.39. The number of rotatable bonds is 5. The minimum absolute atomic E-state index is 0.178. The predicted molar refractivity (Wildman–Crippen MR) is 74.0 cm³/mol. The molecule has 2 amide bonds. The van der Waals surface area contributed by atoms with Crippen LogP contribution in [-0.4, -0.2) is 18.4 Å². The van der Waals surface area contributed by atoms with Crippen LogP contribution in [0, 0.1) is 12.7 Å². The molecule has 1 heterocycles. The lowest BCUT2D eigenvalue weighted by Crippen LogP contribution is -2.36. The normalized spacial score (nSPS) is 10.2. The molecule has 5 nitrogen and oxygen atoms in total. The van der Waals surface area contributed by atoms with Gasteiger partial charge in [-0.25, -0.2) is 4.39 Å². The maximum atomic E-state index is 13.3. The van der Waals surface area contributed by atoms with E-state index < -0.39 is 11.7 Å². The van der Waals surface area contributed by atoms with Crippen molar-refractivity contribution in [2.24, 2.45) is 0 Å². The standard InChI is InChI=1S/C15H15FN2O3/c1-10-4-5-11(7-13(10)16)15(20)18-9-14(19)17-8-12-3-2-6-21-12/h2-7H,8-9H2,1H3,(H,17,19)(H,18,20). The molecule has 0 radical (unpaired) electrons. The van der Waals surface area contributed by atoms with E-state index in [9.17, 15) is 14.0 Å². The monoisotopic (exact) mass is 290 g/mol. The van der Waals surface area contributed by atoms with Gasteiger partial charge in [0, 0.05) is 5.56 Å². The van der Waals surface area contributed by atoms with Gasteiger partial charge in [-0.05, 0) is 36.8 Å². The topological polar surface area (TPSA) is 71.3 Å². The molecule has 0 aliphatic carbocycles. The van der Waals surface area contributed by atoms with Crippen molar-refractivity contribution in [3.8, 4) is 0 Å². The summed E-state index contributed by atoms with van der Waals surface area (Å²) < 4.78 is 18.4. The van der Waals surface area contributed by atoms with Crippen molar-refractivity contribution in [2.75, 3.05) is 6.54 Å². The number of halogens is 1. The zero-order chi connectivity index (χ0) is 15.2. The van der Waals surface area contributed by atoms with E-state index in [2.05, 4.69) is 10.6 Å². The molecule has 21 heavy (non-hydrogen) atoms. The molecular weight excluding hydrogens is 275 g/mol. The van der Waals surface area contributed by atoms with Crippen LogP contribution in [0.25, 0.3) is 0 Å². The molecule has 0 fully saturated rings. The van der Waals surface area contributed by atoms with Gasteiger partial charge in [-0.15, -0.1) is 0 Å². The highest BCUT2D eigenvalue weighted by molar-refractivity contribution is 5.96. The minimum Gasteiger partial charge on any atom is -0.467 e. The van der Waals surface area contributed by atoms with E-state index in [1.165, 1.54) is 18.4 Å². The Labute approximate surface area is 121 Å². The van der Waals surface area contributed by atoms with E-state index in [1.54, 1.807) is 19.1 Å². The van der Waals surface area contributed by atoms with Crippen LogP contribution in [0.5, 0.6) is 0 Å². The lowest BCUT2D eigenvalue weighted by molar-refractivity contribution is -0.120. The summed E-state index contributed by atoms with van der Waals surface area (Å²) in [6, 6.07) is 7.62. The fraction of sp³-hybridized carbons (Fsp3) is 0.200. The van der Waals surface area contributed by atoms with Crippen LogP contribution in [0.4, 0.5) is 4.39 Å². The Morgan fingerprint density at radius 2 is 2.05 bits per heavy atom. The molecule has 110 valence electrons. The fourth-order valence-electron chi connectivity index (χ4n) is 1.66. The third-order valence-electron chi connectivity index (χ3n) is 2.88. The van der Waals surface area contributed by atoms with Crippen LogP contribution in [0.2, 0.25) is 0 Å². The summed E-state index contributed by atoms with van der Waals surface area (Å²) in [5.74, 6) is -0.686. The lowest BCUT2D eigenvalue weighted by atomic mass is 10.1. The van der Waals surface area contributed by atoms with E-state index in [1.807, 2.05) is 0 Å². The number of carbonyl (C=O) groups is 2. The maximum Gasteiger partial charge on any atom is 0.251 e. The van der Waals surface area contributed by atoms with Crippen molar-refractivity contribution >= 4 is 11.8 Å². The van der Waals surface area contributed by atoms with Gasteiger partial charge in [0.1, 0.15) is 11.6 Å². The molecule has 2 aromatic rings. The molecule has 6 heteroatoms. The molecule has 0 aliphatic rings. The molecule has 0 saturated heterocycles. The van der Waals surface area contributed by atoms with Gasteiger partial charge in [0.15, 0.2) is 0 Å². The highest BCUT2D eigenvalue weighted by Gasteiger charge is 2.10. The molecule has 0 bridgehead atoms. The predicted octanol–water partition coefficient (Wildman–Crippen LogP) is 1.77. The average molecular weight is 290 g/mol. The Morgan fingerprint density at radius 1 is 1.24 bits per heavy atom. The van der Waals surface area contributed by atoms with Crippen molar-refractivity contribution < 1.29 is 18.4 Å². The lowest BCUT2D eigenvalue weighted by Gasteiger charge is -2.06. The molecule has 2 rings (SSSR count). The first-order chi connectivity index (χ1) is 10.1. The second-order valence-electron chi connectivity index (χ2n) is 4.50. The van der Waals surface area contributed by atoms with Crippen LogP contribution in [0.3, 0.4) is 0 Å². The fourth-order valence-corrected chi connectivity index (χ4v) is 1.66. The second-order valence-corrected chi connectivity index (χ2v) is 4.50. The summed E-state index contributed by atoms with van der Waals surface area (Å²) >= 11 is 0. The van der Waals surface area contributed by atoms with Crippen LogP contribution in [-0.2, 0) is 11.3 Å². The molecule has 0 saturated carbocycles. The number of aryl methyl sites for hydroxylation is 1. The van der Waals surface area contributed by atoms with Gasteiger partial charge in [0.2, 0.25) is 5.91 Å². The summed E-state index contributed by atoms with van der Waals surface area (Å²) in [5, 5.41) is 5.02. The highest BCUT2D eigenvalue weighted by atomic mass is 19.1. The van der Waals surface area contributed by atoms with Crippen molar-refractivity contribution in [3.63, 3.8) is 0 Å². The number of nitrogens with one attached hydrogen (secondary N) is 2.